The van der Waals surface area contributed by atoms with Crippen molar-refractivity contribution in [3.05, 3.63) is 33.8 Å². The molecule has 0 aromatic heterocycles. The number of halogens is 4. The van der Waals surface area contributed by atoms with Gasteiger partial charge in [0.2, 0.25) is 0 Å². The first-order valence-corrected chi connectivity index (χ1v) is 6.04. The van der Waals surface area contributed by atoms with Crippen LogP contribution in [0.5, 0.6) is 0 Å². The van der Waals surface area contributed by atoms with Gasteiger partial charge >= 0.3 is 6.18 Å². The molecule has 1 aromatic rings. The summed E-state index contributed by atoms with van der Waals surface area (Å²) in [6.07, 6.45) is -4.09. The van der Waals surface area contributed by atoms with E-state index in [4.69, 9.17) is 4.74 Å². The van der Waals surface area contributed by atoms with Gasteiger partial charge in [-0.3, -0.25) is 4.79 Å². The Balaban J connectivity index is 2.97. The van der Waals surface area contributed by atoms with E-state index in [2.05, 4.69) is 15.9 Å². The quantitative estimate of drug-likeness (QED) is 0.602. The topological polar surface area (TPSA) is 26.3 Å². The number of alkyl halides is 3. The van der Waals surface area contributed by atoms with Crippen molar-refractivity contribution in [2.24, 2.45) is 0 Å². The van der Waals surface area contributed by atoms with Crippen LogP contribution in [0.15, 0.2) is 22.7 Å². The zero-order valence-electron chi connectivity index (χ0n) is 9.68. The maximum atomic E-state index is 12.8. The van der Waals surface area contributed by atoms with Gasteiger partial charge in [-0.1, -0.05) is 15.9 Å². The highest BCUT2D eigenvalue weighted by Gasteiger charge is 2.35. The summed E-state index contributed by atoms with van der Waals surface area (Å²) in [5.41, 5.74) is -1.19. The van der Waals surface area contributed by atoms with Crippen molar-refractivity contribution in [2.75, 3.05) is 13.7 Å². The van der Waals surface area contributed by atoms with Crippen molar-refractivity contribution >= 4 is 21.7 Å². The summed E-state index contributed by atoms with van der Waals surface area (Å²) in [7, 11) is 1.48. The van der Waals surface area contributed by atoms with Crippen molar-refractivity contribution in [3.8, 4) is 0 Å². The van der Waals surface area contributed by atoms with Gasteiger partial charge in [-0.2, -0.15) is 13.2 Å². The van der Waals surface area contributed by atoms with Crippen molar-refractivity contribution < 1.29 is 22.7 Å². The number of ether oxygens (including phenoxy) is 1. The summed E-state index contributed by atoms with van der Waals surface area (Å²) < 4.78 is 43.4. The molecule has 18 heavy (non-hydrogen) atoms. The lowest BCUT2D eigenvalue weighted by Crippen LogP contribution is -2.13. The van der Waals surface area contributed by atoms with E-state index in [1.807, 2.05) is 0 Å². The van der Waals surface area contributed by atoms with Gasteiger partial charge in [0.25, 0.3) is 0 Å². The number of ketones is 1. The van der Waals surface area contributed by atoms with Crippen molar-refractivity contribution in [3.63, 3.8) is 0 Å². The molecule has 0 amide bonds. The largest absolute Gasteiger partial charge is 0.417 e. The molecule has 1 rings (SSSR count). The Morgan fingerprint density at radius 3 is 2.61 bits per heavy atom. The smallest absolute Gasteiger partial charge is 0.385 e. The van der Waals surface area contributed by atoms with Gasteiger partial charge in [-0.25, -0.2) is 0 Å². The molecule has 0 aliphatic rings. The minimum absolute atomic E-state index is 0.0402. The summed E-state index contributed by atoms with van der Waals surface area (Å²) in [6.45, 7) is 0.351. The highest BCUT2D eigenvalue weighted by molar-refractivity contribution is 9.10. The summed E-state index contributed by atoms with van der Waals surface area (Å²) in [6, 6.07) is 3.55. The van der Waals surface area contributed by atoms with Gasteiger partial charge in [-0.05, 0) is 24.6 Å². The molecule has 6 heteroatoms. The van der Waals surface area contributed by atoms with E-state index >= 15 is 0 Å². The SMILES string of the molecule is COCCCC(=O)c1ccc(Br)cc1C(F)(F)F. The molecule has 0 aliphatic heterocycles. The highest BCUT2D eigenvalue weighted by Crippen LogP contribution is 2.34. The lowest BCUT2D eigenvalue weighted by molar-refractivity contribution is -0.138. The molecule has 0 atom stereocenters. The lowest BCUT2D eigenvalue weighted by Gasteiger charge is -2.12. The molecule has 0 radical (unpaired) electrons. The maximum absolute atomic E-state index is 12.8. The van der Waals surface area contributed by atoms with Crippen LogP contribution in [0.25, 0.3) is 0 Å². The van der Waals surface area contributed by atoms with Gasteiger partial charge in [0.05, 0.1) is 5.56 Å². The van der Waals surface area contributed by atoms with Gasteiger partial charge in [0, 0.05) is 30.2 Å². The van der Waals surface area contributed by atoms with Crippen LogP contribution in [-0.2, 0) is 10.9 Å². The fourth-order valence-electron chi connectivity index (χ4n) is 1.51. The van der Waals surface area contributed by atoms with Crippen LogP contribution >= 0.6 is 15.9 Å². The number of hydrogen-bond acceptors (Lipinski definition) is 2. The maximum Gasteiger partial charge on any atom is 0.417 e. The monoisotopic (exact) mass is 324 g/mol. The van der Waals surface area contributed by atoms with E-state index in [0.29, 0.717) is 17.5 Å². The molecule has 0 heterocycles. The van der Waals surface area contributed by atoms with E-state index in [-0.39, 0.29) is 12.0 Å². The molecular weight excluding hydrogens is 313 g/mol. The molecule has 100 valence electrons. The zero-order chi connectivity index (χ0) is 13.8. The van der Waals surface area contributed by atoms with E-state index in [1.165, 1.54) is 19.2 Å². The van der Waals surface area contributed by atoms with Gasteiger partial charge in [0.15, 0.2) is 5.78 Å². The third kappa shape index (κ3) is 4.10. The highest BCUT2D eigenvalue weighted by atomic mass is 79.9. The van der Waals surface area contributed by atoms with Crippen molar-refractivity contribution in [1.29, 1.82) is 0 Å². The van der Waals surface area contributed by atoms with Gasteiger partial charge in [0.1, 0.15) is 0 Å². The van der Waals surface area contributed by atoms with Crippen molar-refractivity contribution in [2.45, 2.75) is 19.0 Å². The Bertz CT molecular complexity index is 430. The van der Waals surface area contributed by atoms with Crippen LogP contribution in [-0.4, -0.2) is 19.5 Å². The molecule has 0 spiro atoms. The molecule has 0 aliphatic carbocycles. The van der Waals surface area contributed by atoms with Crippen LogP contribution in [0, 0.1) is 0 Å². The van der Waals surface area contributed by atoms with Gasteiger partial charge < -0.3 is 4.74 Å². The molecule has 0 N–H and O–H groups in total. The normalized spacial score (nSPS) is 11.6. The number of benzene rings is 1. The first kappa shape index (κ1) is 15.2. The predicted octanol–water partition coefficient (Wildman–Crippen LogP) is 4.08. The fourth-order valence-corrected chi connectivity index (χ4v) is 1.87. The number of carbonyl (C=O) groups excluding carboxylic acids is 1. The fraction of sp³-hybridized carbons (Fsp3) is 0.417. The first-order valence-electron chi connectivity index (χ1n) is 5.25. The van der Waals surface area contributed by atoms with E-state index in [0.717, 1.165) is 6.07 Å². The van der Waals surface area contributed by atoms with Crippen molar-refractivity contribution in [1.82, 2.24) is 0 Å². The summed E-state index contributed by atoms with van der Waals surface area (Å²) in [5, 5.41) is 0. The molecule has 0 saturated carbocycles. The summed E-state index contributed by atoms with van der Waals surface area (Å²) >= 11 is 2.97. The second-order valence-corrected chi connectivity index (χ2v) is 4.62. The Morgan fingerprint density at radius 1 is 1.39 bits per heavy atom. The average molecular weight is 325 g/mol. The van der Waals surface area contributed by atoms with Crippen LogP contribution in [0.3, 0.4) is 0 Å². The molecule has 2 nitrogen and oxygen atoms in total. The molecule has 0 saturated heterocycles. The number of methoxy groups -OCH3 is 1. The Morgan fingerprint density at radius 2 is 2.06 bits per heavy atom. The number of Topliss-reactive ketones (excluding diaryl/α,β-unsaturated/α-hetero) is 1. The van der Waals surface area contributed by atoms with Crippen LogP contribution in [0.2, 0.25) is 0 Å². The third-order valence-electron chi connectivity index (χ3n) is 2.34. The summed E-state index contributed by atoms with van der Waals surface area (Å²) in [4.78, 5) is 11.7. The second kappa shape index (κ2) is 6.33. The third-order valence-corrected chi connectivity index (χ3v) is 2.83. The molecule has 0 fully saturated rings. The van der Waals surface area contributed by atoms with Crippen LogP contribution in [0.4, 0.5) is 13.2 Å². The van der Waals surface area contributed by atoms with E-state index in [1.54, 1.807) is 0 Å². The molecule has 0 unspecified atom stereocenters. The zero-order valence-corrected chi connectivity index (χ0v) is 11.3. The van der Waals surface area contributed by atoms with Crippen LogP contribution < -0.4 is 0 Å². The minimum Gasteiger partial charge on any atom is -0.385 e. The Kier molecular flexibility index (Phi) is 5.34. The standard InChI is InChI=1S/C12H12BrF3O2/c1-18-6-2-3-11(17)9-5-4-8(13)7-10(9)12(14,15)16/h4-5,7H,2-3,6H2,1H3. The van der Waals surface area contributed by atoms with E-state index < -0.39 is 17.5 Å². The predicted molar refractivity (Wildman–Crippen MR) is 64.6 cm³/mol. The Labute approximate surface area is 111 Å². The Hall–Kier alpha value is -0.880. The van der Waals surface area contributed by atoms with E-state index in [9.17, 15) is 18.0 Å². The van der Waals surface area contributed by atoms with Gasteiger partial charge in [-0.15, -0.1) is 0 Å². The molecule has 0 bridgehead atoms. The average Bonchev–Trinajstić information content (AvgIpc) is 2.28. The number of carbonyl (C=O) groups is 1. The number of hydrogen-bond donors (Lipinski definition) is 0. The second-order valence-electron chi connectivity index (χ2n) is 3.71. The minimum atomic E-state index is -4.53. The lowest BCUT2D eigenvalue weighted by atomic mass is 10.0. The first-order chi connectivity index (χ1) is 8.36. The summed E-state index contributed by atoms with van der Waals surface area (Å²) in [5.74, 6) is -0.521. The molecular formula is C12H12BrF3O2. The van der Waals surface area contributed by atoms with Crippen LogP contribution in [0.1, 0.15) is 28.8 Å². The molecule has 1 aromatic carbocycles. The number of rotatable bonds is 5.